The number of anilines is 1. The first-order valence-electron chi connectivity index (χ1n) is 13.1. The first-order chi connectivity index (χ1) is 19.4. The SMILES string of the molecule is CCN1CCC(NC(=O)c2cc(C#CCNc3cc(S(C)(=O)=O)ccc3OC)cc3c2ncn3CC(F)(F)F)CC1. The number of hydrogen-bond donors (Lipinski definition) is 2. The summed E-state index contributed by atoms with van der Waals surface area (Å²) in [6.45, 7) is 3.54. The lowest BCUT2D eigenvalue weighted by atomic mass is 10.0. The highest BCUT2D eigenvalue weighted by atomic mass is 32.2. The van der Waals surface area contributed by atoms with Crippen molar-refractivity contribution in [2.45, 2.75) is 43.4 Å². The van der Waals surface area contributed by atoms with Crippen molar-refractivity contribution in [1.82, 2.24) is 19.8 Å². The molecule has 1 fully saturated rings. The monoisotopic (exact) mass is 591 g/mol. The summed E-state index contributed by atoms with van der Waals surface area (Å²) in [7, 11) is -1.99. The predicted octanol–water partition coefficient (Wildman–Crippen LogP) is 3.69. The highest BCUT2D eigenvalue weighted by molar-refractivity contribution is 7.90. The van der Waals surface area contributed by atoms with Crippen LogP contribution >= 0.6 is 0 Å². The Kier molecular flexibility index (Phi) is 9.14. The number of hydrogen-bond acceptors (Lipinski definition) is 7. The summed E-state index contributed by atoms with van der Waals surface area (Å²) in [4.78, 5) is 19.8. The zero-order valence-corrected chi connectivity index (χ0v) is 23.8. The molecule has 1 aliphatic rings. The van der Waals surface area contributed by atoms with Gasteiger partial charge in [-0.05, 0) is 49.7 Å². The first-order valence-corrected chi connectivity index (χ1v) is 15.0. The van der Waals surface area contributed by atoms with Crippen molar-refractivity contribution in [3.8, 4) is 17.6 Å². The number of imidazole rings is 1. The summed E-state index contributed by atoms with van der Waals surface area (Å²) in [5, 5.41) is 6.02. The maximum Gasteiger partial charge on any atom is 0.406 e. The van der Waals surface area contributed by atoms with Gasteiger partial charge >= 0.3 is 6.18 Å². The molecule has 1 aromatic heterocycles. The molecule has 2 N–H and O–H groups in total. The summed E-state index contributed by atoms with van der Waals surface area (Å²) in [6.07, 6.45) is -0.746. The summed E-state index contributed by atoms with van der Waals surface area (Å²) in [5.41, 5.74) is 1.23. The molecule has 41 heavy (non-hydrogen) atoms. The van der Waals surface area contributed by atoms with E-state index in [1.165, 1.54) is 37.4 Å². The fourth-order valence-electron chi connectivity index (χ4n) is 4.73. The molecule has 220 valence electrons. The Morgan fingerprint density at radius 2 is 1.93 bits per heavy atom. The van der Waals surface area contributed by atoms with Crippen LogP contribution in [0.25, 0.3) is 11.0 Å². The number of aromatic nitrogens is 2. The van der Waals surface area contributed by atoms with E-state index in [1.807, 2.05) is 0 Å². The number of nitrogens with one attached hydrogen (secondary N) is 2. The van der Waals surface area contributed by atoms with E-state index >= 15 is 0 Å². The minimum absolute atomic E-state index is 0.0470. The smallest absolute Gasteiger partial charge is 0.406 e. The number of methoxy groups -OCH3 is 1. The van der Waals surface area contributed by atoms with Crippen molar-refractivity contribution in [3.63, 3.8) is 0 Å². The Hall–Kier alpha value is -3.76. The third-order valence-corrected chi connectivity index (χ3v) is 8.00. The first kappa shape index (κ1) is 30.2. The Labute approximate surface area is 237 Å². The molecule has 4 rings (SSSR count). The molecule has 0 bridgehead atoms. The fourth-order valence-corrected chi connectivity index (χ4v) is 5.37. The van der Waals surface area contributed by atoms with Crippen LogP contribution in [-0.2, 0) is 16.4 Å². The van der Waals surface area contributed by atoms with E-state index in [0.29, 0.717) is 17.0 Å². The number of likely N-dealkylation sites (tertiary alicyclic amines) is 1. The normalized spacial score (nSPS) is 14.9. The molecule has 0 unspecified atom stereocenters. The quantitative estimate of drug-likeness (QED) is 0.385. The molecule has 1 saturated heterocycles. The van der Waals surface area contributed by atoms with Crippen molar-refractivity contribution < 1.29 is 31.1 Å². The molecule has 0 saturated carbocycles. The second-order valence-electron chi connectivity index (χ2n) is 9.85. The maximum absolute atomic E-state index is 13.3. The molecule has 2 heterocycles. The number of amides is 1. The predicted molar refractivity (Wildman–Crippen MR) is 150 cm³/mol. The molecular formula is C28H32F3N5O4S. The van der Waals surface area contributed by atoms with E-state index < -0.39 is 28.5 Å². The lowest BCUT2D eigenvalue weighted by Gasteiger charge is -2.31. The lowest BCUT2D eigenvalue weighted by molar-refractivity contribution is -0.139. The second-order valence-corrected chi connectivity index (χ2v) is 11.9. The lowest BCUT2D eigenvalue weighted by Crippen LogP contribution is -2.44. The second kappa shape index (κ2) is 12.4. The molecular weight excluding hydrogens is 559 g/mol. The van der Waals surface area contributed by atoms with Crippen LogP contribution in [0.3, 0.4) is 0 Å². The molecule has 1 aliphatic heterocycles. The van der Waals surface area contributed by atoms with Crippen LogP contribution in [-0.4, -0.2) is 80.5 Å². The van der Waals surface area contributed by atoms with Crippen molar-refractivity contribution in [2.24, 2.45) is 0 Å². The number of piperidine rings is 1. The number of fused-ring (bicyclic) bond motifs is 1. The number of carbonyl (C=O) groups excluding carboxylic acids is 1. The van der Waals surface area contributed by atoms with E-state index in [9.17, 15) is 26.4 Å². The van der Waals surface area contributed by atoms with Crippen LogP contribution in [0.1, 0.15) is 35.7 Å². The van der Waals surface area contributed by atoms with E-state index in [0.717, 1.165) is 49.6 Å². The number of ether oxygens (including phenoxy) is 1. The fraction of sp³-hybridized carbons (Fsp3) is 0.429. The van der Waals surface area contributed by atoms with Gasteiger partial charge in [0, 0.05) is 31.0 Å². The number of rotatable bonds is 8. The number of halogens is 3. The van der Waals surface area contributed by atoms with Crippen molar-refractivity contribution >= 4 is 32.5 Å². The van der Waals surface area contributed by atoms with Crippen LogP contribution in [0.15, 0.2) is 41.6 Å². The Morgan fingerprint density at radius 3 is 2.56 bits per heavy atom. The van der Waals surface area contributed by atoms with Gasteiger partial charge in [-0.3, -0.25) is 4.79 Å². The van der Waals surface area contributed by atoms with Gasteiger partial charge in [-0.1, -0.05) is 18.8 Å². The summed E-state index contributed by atoms with van der Waals surface area (Å²) in [6, 6.07) is 7.35. The van der Waals surface area contributed by atoms with Gasteiger partial charge in [0.05, 0.1) is 41.6 Å². The molecule has 0 aliphatic carbocycles. The number of nitrogens with zero attached hydrogens (tertiary/aromatic N) is 3. The van der Waals surface area contributed by atoms with Gasteiger partial charge in [-0.2, -0.15) is 13.2 Å². The maximum atomic E-state index is 13.3. The van der Waals surface area contributed by atoms with Crippen LogP contribution < -0.4 is 15.4 Å². The molecule has 2 aromatic carbocycles. The molecule has 13 heteroatoms. The van der Waals surface area contributed by atoms with Gasteiger partial charge in [0.25, 0.3) is 5.91 Å². The number of carbonyl (C=O) groups is 1. The van der Waals surface area contributed by atoms with E-state index in [1.54, 1.807) is 0 Å². The van der Waals surface area contributed by atoms with E-state index in [2.05, 4.69) is 39.3 Å². The van der Waals surface area contributed by atoms with Crippen molar-refractivity contribution in [2.75, 3.05) is 44.9 Å². The van der Waals surface area contributed by atoms with Crippen molar-refractivity contribution in [1.29, 1.82) is 0 Å². The van der Waals surface area contributed by atoms with E-state index in [4.69, 9.17) is 4.74 Å². The van der Waals surface area contributed by atoms with Crippen LogP contribution in [0.5, 0.6) is 5.75 Å². The van der Waals surface area contributed by atoms with Crippen LogP contribution in [0.4, 0.5) is 18.9 Å². The third kappa shape index (κ3) is 7.71. The molecule has 0 spiro atoms. The minimum atomic E-state index is -4.48. The van der Waals surface area contributed by atoms with Crippen LogP contribution in [0, 0.1) is 11.8 Å². The van der Waals surface area contributed by atoms with Gasteiger partial charge in [-0.15, -0.1) is 0 Å². The number of alkyl halides is 3. The van der Waals surface area contributed by atoms with Gasteiger partial charge in [0.2, 0.25) is 0 Å². The third-order valence-electron chi connectivity index (χ3n) is 6.89. The molecule has 1 amide bonds. The Bertz CT molecular complexity index is 1580. The average Bonchev–Trinajstić information content (AvgIpc) is 3.31. The summed E-state index contributed by atoms with van der Waals surface area (Å²) >= 11 is 0. The number of benzene rings is 2. The average molecular weight is 592 g/mol. The van der Waals surface area contributed by atoms with Gasteiger partial charge < -0.3 is 24.8 Å². The van der Waals surface area contributed by atoms with E-state index in [-0.39, 0.29) is 34.1 Å². The van der Waals surface area contributed by atoms with Gasteiger partial charge in [0.1, 0.15) is 17.8 Å². The largest absolute Gasteiger partial charge is 0.495 e. The zero-order valence-electron chi connectivity index (χ0n) is 23.0. The van der Waals surface area contributed by atoms with Gasteiger partial charge in [0.15, 0.2) is 9.84 Å². The molecule has 0 atom stereocenters. The molecule has 3 aromatic rings. The summed E-state index contributed by atoms with van der Waals surface area (Å²) < 4.78 is 69.8. The highest BCUT2D eigenvalue weighted by Gasteiger charge is 2.29. The van der Waals surface area contributed by atoms with Crippen LogP contribution in [0.2, 0.25) is 0 Å². The summed E-state index contributed by atoms with van der Waals surface area (Å²) in [5.74, 6) is 5.80. The van der Waals surface area contributed by atoms with Gasteiger partial charge in [-0.25, -0.2) is 13.4 Å². The topological polar surface area (TPSA) is 106 Å². The Morgan fingerprint density at radius 1 is 1.20 bits per heavy atom. The number of sulfone groups is 1. The zero-order chi connectivity index (χ0) is 29.8. The standard InChI is InChI=1S/C28H32F3N5O4S/c1-4-35-12-9-20(10-13-35)34-27(37)22-14-19(15-24-26(22)33-18-36(24)17-28(29,30)31)6-5-11-32-23-16-21(41(3,38)39)7-8-25(23)40-2/h7-8,14-16,18,20,32H,4,9-13,17H2,1-3H3,(H,34,37). The minimum Gasteiger partial charge on any atom is -0.495 e. The molecule has 9 nitrogen and oxygen atoms in total. The highest BCUT2D eigenvalue weighted by Crippen LogP contribution is 2.28. The Balaban J connectivity index is 1.60. The molecule has 0 radical (unpaired) electrons. The van der Waals surface area contributed by atoms with Crippen molar-refractivity contribution in [3.05, 3.63) is 47.8 Å².